The van der Waals surface area contributed by atoms with Crippen LogP contribution in [0.15, 0.2) is 24.0 Å². The molecule has 3 rings (SSSR count). The molecule has 0 aromatic carbocycles. The summed E-state index contributed by atoms with van der Waals surface area (Å²) < 4.78 is 17.2. The van der Waals surface area contributed by atoms with E-state index >= 15 is 0 Å². The summed E-state index contributed by atoms with van der Waals surface area (Å²) in [6, 6.07) is 0. The molecule has 22 heavy (non-hydrogen) atoms. The largest absolute Gasteiger partial charge is 0.498 e. The van der Waals surface area contributed by atoms with Crippen LogP contribution in [0.2, 0.25) is 0 Å². The highest BCUT2D eigenvalue weighted by atomic mass is 16.6. The van der Waals surface area contributed by atoms with Crippen LogP contribution >= 0.6 is 0 Å². The molecule has 2 saturated heterocycles. The third kappa shape index (κ3) is 3.21. The first-order chi connectivity index (χ1) is 10.7. The molecule has 0 aromatic heterocycles. The molecule has 2 bridgehead atoms. The van der Waals surface area contributed by atoms with Crippen molar-refractivity contribution in [3.8, 4) is 0 Å². The highest BCUT2D eigenvalue weighted by Gasteiger charge is 2.47. The van der Waals surface area contributed by atoms with Crippen LogP contribution in [0.5, 0.6) is 0 Å². The van der Waals surface area contributed by atoms with E-state index in [4.69, 9.17) is 14.2 Å². The molecule has 0 amide bonds. The van der Waals surface area contributed by atoms with Gasteiger partial charge >= 0.3 is 0 Å². The highest BCUT2D eigenvalue weighted by Crippen LogP contribution is 2.34. The van der Waals surface area contributed by atoms with Crippen molar-refractivity contribution < 1.29 is 29.5 Å². The van der Waals surface area contributed by atoms with Crippen LogP contribution in [0.1, 0.15) is 19.3 Å². The average molecular weight is 312 g/mol. The van der Waals surface area contributed by atoms with Crippen molar-refractivity contribution in [3.05, 3.63) is 24.0 Å². The molecule has 0 spiro atoms. The number of hydrogen-bond donors (Lipinski definition) is 3. The number of hydrogen-bond acceptors (Lipinski definition) is 6. The Morgan fingerprint density at radius 2 is 1.82 bits per heavy atom. The van der Waals surface area contributed by atoms with Crippen molar-refractivity contribution in [2.75, 3.05) is 19.8 Å². The molecule has 0 saturated carbocycles. The van der Waals surface area contributed by atoms with Gasteiger partial charge in [-0.25, -0.2) is 0 Å². The molecule has 0 radical (unpaired) electrons. The highest BCUT2D eigenvalue weighted by molar-refractivity contribution is 5.19. The van der Waals surface area contributed by atoms with Gasteiger partial charge in [-0.3, -0.25) is 0 Å². The number of aliphatic hydroxyl groups is 3. The van der Waals surface area contributed by atoms with Crippen LogP contribution in [-0.2, 0) is 14.2 Å². The Bertz CT molecular complexity index is 434. The molecule has 6 unspecified atom stereocenters. The Morgan fingerprint density at radius 1 is 1.00 bits per heavy atom. The van der Waals surface area contributed by atoms with E-state index in [1.54, 1.807) is 0 Å². The Kier molecular flexibility index (Phi) is 5.15. The minimum absolute atomic E-state index is 0.163. The first-order valence-corrected chi connectivity index (χ1v) is 7.95. The summed E-state index contributed by atoms with van der Waals surface area (Å²) in [6.07, 6.45) is 3.41. The van der Waals surface area contributed by atoms with E-state index in [0.717, 1.165) is 18.6 Å². The maximum Gasteiger partial charge on any atom is 0.111 e. The fourth-order valence-electron chi connectivity index (χ4n) is 3.22. The van der Waals surface area contributed by atoms with Crippen molar-refractivity contribution in [3.63, 3.8) is 0 Å². The summed E-state index contributed by atoms with van der Waals surface area (Å²) in [4.78, 5) is 0. The Hall–Kier alpha value is -0.920. The molecule has 6 heteroatoms. The molecule has 0 aromatic rings. The number of rotatable bonds is 0. The zero-order valence-corrected chi connectivity index (χ0v) is 12.5. The molecule has 3 N–H and O–H groups in total. The average Bonchev–Trinajstić information content (AvgIpc) is 2.53. The van der Waals surface area contributed by atoms with Crippen molar-refractivity contribution in [2.24, 2.45) is 5.92 Å². The molecule has 1 aliphatic carbocycles. The quantitative estimate of drug-likeness (QED) is 0.589. The third-order valence-corrected chi connectivity index (χ3v) is 4.53. The van der Waals surface area contributed by atoms with Crippen molar-refractivity contribution in [1.82, 2.24) is 0 Å². The maximum atomic E-state index is 10.3. The second-order valence-corrected chi connectivity index (χ2v) is 6.08. The Labute approximate surface area is 130 Å². The number of aliphatic hydroxyl groups excluding tert-OH is 3. The van der Waals surface area contributed by atoms with Gasteiger partial charge in [0.25, 0.3) is 0 Å². The van der Waals surface area contributed by atoms with Gasteiger partial charge in [0.2, 0.25) is 0 Å². The number of allylic oxidation sites excluding steroid dienone is 3. The fraction of sp³-hybridized carbons (Fsp3) is 0.750. The summed E-state index contributed by atoms with van der Waals surface area (Å²) in [5, 5.41) is 30.5. The number of fused-ring (bicyclic) bond motifs is 4. The lowest BCUT2D eigenvalue weighted by atomic mass is 9.83. The van der Waals surface area contributed by atoms with E-state index in [-0.39, 0.29) is 12.5 Å². The van der Waals surface area contributed by atoms with Gasteiger partial charge in [-0.1, -0.05) is 12.2 Å². The van der Waals surface area contributed by atoms with Crippen LogP contribution in [-0.4, -0.2) is 65.7 Å². The van der Waals surface area contributed by atoms with Crippen molar-refractivity contribution in [2.45, 2.75) is 49.8 Å². The zero-order valence-electron chi connectivity index (χ0n) is 12.5. The lowest BCUT2D eigenvalue weighted by Gasteiger charge is -2.44. The van der Waals surface area contributed by atoms with Crippen LogP contribution in [0, 0.1) is 5.92 Å². The normalized spacial score (nSPS) is 43.1. The van der Waals surface area contributed by atoms with Crippen molar-refractivity contribution in [1.29, 1.82) is 0 Å². The molecule has 2 fully saturated rings. The first-order valence-electron chi connectivity index (χ1n) is 7.95. The van der Waals surface area contributed by atoms with E-state index in [9.17, 15) is 15.3 Å². The van der Waals surface area contributed by atoms with Crippen LogP contribution in [0.25, 0.3) is 0 Å². The molecule has 3 aliphatic rings. The molecule has 2 heterocycles. The second-order valence-electron chi connectivity index (χ2n) is 6.08. The predicted molar refractivity (Wildman–Crippen MR) is 78.0 cm³/mol. The topological polar surface area (TPSA) is 88.4 Å². The summed E-state index contributed by atoms with van der Waals surface area (Å²) in [6.45, 7) is 1.36. The molecule has 6 nitrogen and oxygen atoms in total. The van der Waals surface area contributed by atoms with E-state index in [1.807, 2.05) is 18.2 Å². The van der Waals surface area contributed by atoms with Gasteiger partial charge in [0.15, 0.2) is 0 Å². The Balaban J connectivity index is 1.84. The van der Waals surface area contributed by atoms with Gasteiger partial charge in [-0.05, 0) is 25.3 Å². The first kappa shape index (κ1) is 16.0. The Morgan fingerprint density at radius 3 is 2.68 bits per heavy atom. The van der Waals surface area contributed by atoms with Crippen LogP contribution in [0.3, 0.4) is 0 Å². The molecule has 124 valence electrons. The van der Waals surface area contributed by atoms with Crippen LogP contribution < -0.4 is 0 Å². The molecule has 6 atom stereocenters. The molecular formula is C16H24O6. The molecular weight excluding hydrogens is 288 g/mol. The van der Waals surface area contributed by atoms with E-state index in [2.05, 4.69) is 0 Å². The monoisotopic (exact) mass is 312 g/mol. The predicted octanol–water partition coefficient (Wildman–Crippen LogP) is 0.123. The van der Waals surface area contributed by atoms with Crippen LogP contribution in [0.4, 0.5) is 0 Å². The summed E-state index contributed by atoms with van der Waals surface area (Å²) in [5.41, 5.74) is 0. The molecule has 2 aliphatic heterocycles. The van der Waals surface area contributed by atoms with Gasteiger partial charge in [-0.15, -0.1) is 0 Å². The van der Waals surface area contributed by atoms with E-state index < -0.39 is 30.5 Å². The fourth-order valence-corrected chi connectivity index (χ4v) is 3.22. The lowest BCUT2D eigenvalue weighted by molar-refractivity contribution is -0.244. The standard InChI is InChI=1S/C16H24O6/c17-13-12-9-20-7-3-4-8-21-11-6-2-1-5-10(11)16(22-12)15(19)14(13)18/h1-2,6,10,12-19H,3-5,7-9H2. The van der Waals surface area contributed by atoms with Gasteiger partial charge in [-0.2, -0.15) is 0 Å². The second kappa shape index (κ2) is 7.10. The summed E-state index contributed by atoms with van der Waals surface area (Å²) in [5.74, 6) is 0.611. The third-order valence-electron chi connectivity index (χ3n) is 4.53. The minimum atomic E-state index is -1.25. The van der Waals surface area contributed by atoms with Gasteiger partial charge in [0.05, 0.1) is 19.3 Å². The van der Waals surface area contributed by atoms with Gasteiger partial charge in [0, 0.05) is 12.5 Å². The van der Waals surface area contributed by atoms with E-state index in [0.29, 0.717) is 19.6 Å². The number of ether oxygens (including phenoxy) is 3. The SMILES string of the molecule is OC1C2COCCCCOC3=CC=CCC3C(O2)C(O)C1O. The minimum Gasteiger partial charge on any atom is -0.498 e. The summed E-state index contributed by atoms with van der Waals surface area (Å²) in [7, 11) is 0. The summed E-state index contributed by atoms with van der Waals surface area (Å²) >= 11 is 0. The van der Waals surface area contributed by atoms with Gasteiger partial charge < -0.3 is 29.5 Å². The van der Waals surface area contributed by atoms with E-state index in [1.165, 1.54) is 0 Å². The maximum absolute atomic E-state index is 10.3. The smallest absolute Gasteiger partial charge is 0.111 e. The zero-order chi connectivity index (χ0) is 15.5. The van der Waals surface area contributed by atoms with Crippen molar-refractivity contribution >= 4 is 0 Å². The lowest BCUT2D eigenvalue weighted by Crippen LogP contribution is -2.60. The van der Waals surface area contributed by atoms with Gasteiger partial charge in [0.1, 0.15) is 30.2 Å².